The van der Waals surface area contributed by atoms with Gasteiger partial charge in [-0.15, -0.1) is 0 Å². The summed E-state index contributed by atoms with van der Waals surface area (Å²) in [6.45, 7) is 2.13. The molecule has 26 heavy (non-hydrogen) atoms. The second-order valence-electron chi connectivity index (χ2n) is 6.60. The Hall–Kier alpha value is -2.90. The lowest BCUT2D eigenvalue weighted by atomic mass is 9.86. The van der Waals surface area contributed by atoms with Crippen LogP contribution in [-0.2, 0) is 11.3 Å². The van der Waals surface area contributed by atoms with Gasteiger partial charge in [0, 0.05) is 18.2 Å². The highest BCUT2D eigenvalue weighted by molar-refractivity contribution is 5.97. The summed E-state index contributed by atoms with van der Waals surface area (Å²) in [5.41, 5.74) is 0.0420. The van der Waals surface area contributed by atoms with E-state index in [0.29, 0.717) is 48.8 Å². The minimum Gasteiger partial charge on any atom is -0.481 e. The number of aromatic amines is 1. The number of H-pyrrole nitrogens is 1. The first-order chi connectivity index (χ1) is 12.4. The van der Waals surface area contributed by atoms with Crippen LogP contribution in [0, 0.1) is 5.92 Å². The zero-order valence-electron chi connectivity index (χ0n) is 14.4. The molecule has 1 aliphatic carbocycles. The third-order valence-electron chi connectivity index (χ3n) is 4.96. The molecule has 0 radical (unpaired) electrons. The number of rotatable bonds is 4. The van der Waals surface area contributed by atoms with Crippen molar-refractivity contribution in [1.29, 1.82) is 0 Å². The fraction of sp³-hybridized carbons (Fsp3) is 0.444. The Morgan fingerprint density at radius 1 is 1.23 bits per heavy atom. The van der Waals surface area contributed by atoms with Crippen molar-refractivity contribution in [2.75, 3.05) is 0 Å². The maximum absolute atomic E-state index is 12.5. The molecule has 1 fully saturated rings. The van der Waals surface area contributed by atoms with Gasteiger partial charge in [-0.25, -0.2) is 0 Å². The summed E-state index contributed by atoms with van der Waals surface area (Å²) < 4.78 is 1.36. The number of carbonyl (C=O) groups excluding carboxylic acids is 1. The number of benzene rings is 1. The molecule has 0 atom stereocenters. The van der Waals surface area contributed by atoms with Crippen LogP contribution in [0.3, 0.4) is 0 Å². The molecule has 8 heteroatoms. The van der Waals surface area contributed by atoms with Crippen molar-refractivity contribution in [3.05, 3.63) is 44.5 Å². The van der Waals surface area contributed by atoms with Crippen LogP contribution in [0.2, 0.25) is 0 Å². The Morgan fingerprint density at radius 3 is 2.54 bits per heavy atom. The van der Waals surface area contributed by atoms with E-state index in [9.17, 15) is 19.2 Å². The molecule has 1 aromatic heterocycles. The van der Waals surface area contributed by atoms with Gasteiger partial charge in [-0.2, -0.15) is 0 Å². The minimum absolute atomic E-state index is 0.0579. The summed E-state index contributed by atoms with van der Waals surface area (Å²) in [6.07, 6.45) is 2.35. The van der Waals surface area contributed by atoms with Crippen molar-refractivity contribution in [2.24, 2.45) is 5.92 Å². The number of carboxylic acid groups (broad SMARTS) is 1. The monoisotopic (exact) mass is 359 g/mol. The molecule has 3 N–H and O–H groups in total. The van der Waals surface area contributed by atoms with Gasteiger partial charge >= 0.3 is 17.1 Å². The quantitative estimate of drug-likeness (QED) is 0.706. The molecule has 1 saturated carbocycles. The minimum atomic E-state index is -0.782. The van der Waals surface area contributed by atoms with Gasteiger partial charge < -0.3 is 20.0 Å². The number of nitrogens with one attached hydrogen (secondary N) is 2. The molecule has 2 aromatic rings. The molecule has 1 heterocycles. The van der Waals surface area contributed by atoms with E-state index in [1.165, 1.54) is 4.57 Å². The molecule has 8 nitrogen and oxygen atoms in total. The molecule has 1 aromatic carbocycles. The first kappa shape index (κ1) is 17.9. The zero-order valence-corrected chi connectivity index (χ0v) is 14.4. The first-order valence-electron chi connectivity index (χ1n) is 8.71. The van der Waals surface area contributed by atoms with Crippen molar-refractivity contribution in [3.63, 3.8) is 0 Å². The van der Waals surface area contributed by atoms with Crippen molar-refractivity contribution < 1.29 is 14.7 Å². The Kier molecular flexibility index (Phi) is 4.92. The fourth-order valence-electron chi connectivity index (χ4n) is 3.49. The fourth-order valence-corrected chi connectivity index (χ4v) is 3.49. The predicted octanol–water partition coefficient (Wildman–Crippen LogP) is 1.08. The van der Waals surface area contributed by atoms with Gasteiger partial charge in [-0.3, -0.25) is 19.2 Å². The topological polar surface area (TPSA) is 121 Å². The van der Waals surface area contributed by atoms with Crippen LogP contribution in [-0.4, -0.2) is 32.6 Å². The molecule has 3 rings (SSSR count). The molecule has 0 aliphatic heterocycles. The number of amides is 1. The van der Waals surface area contributed by atoms with Crippen LogP contribution in [0.4, 0.5) is 0 Å². The van der Waals surface area contributed by atoms with Gasteiger partial charge in [-0.05, 0) is 50.8 Å². The third kappa shape index (κ3) is 3.40. The average molecular weight is 359 g/mol. The molecule has 1 aliphatic rings. The second kappa shape index (κ2) is 7.15. The summed E-state index contributed by atoms with van der Waals surface area (Å²) in [5, 5.41) is 12.0. The second-order valence-corrected chi connectivity index (χ2v) is 6.60. The van der Waals surface area contributed by atoms with E-state index in [2.05, 4.69) is 10.3 Å². The number of fused-ring (bicyclic) bond motifs is 1. The SMILES string of the molecule is CCn1c(=O)c(=O)[nH]c2cc(C(=O)NC3CCC(C(=O)O)CC3)ccc21. The van der Waals surface area contributed by atoms with Gasteiger partial charge in [-0.1, -0.05) is 0 Å². The number of aryl methyl sites for hydroxylation is 1. The zero-order chi connectivity index (χ0) is 18.8. The Labute approximate surface area is 148 Å². The summed E-state index contributed by atoms with van der Waals surface area (Å²) in [5.74, 6) is -1.39. The van der Waals surface area contributed by atoms with E-state index in [-0.39, 0.29) is 17.9 Å². The standard InChI is InChI=1S/C18H21N3O5/c1-2-21-14-8-5-11(9-13(14)20-16(23)17(21)24)15(22)19-12-6-3-10(4-7-12)18(25)26/h5,8-10,12H,2-4,6-7H2,1H3,(H,19,22)(H,20,23)(H,25,26). The summed E-state index contributed by atoms with van der Waals surface area (Å²) in [6, 6.07) is 4.76. The van der Waals surface area contributed by atoms with Crippen molar-refractivity contribution in [2.45, 2.75) is 45.2 Å². The highest BCUT2D eigenvalue weighted by atomic mass is 16.4. The van der Waals surface area contributed by atoms with E-state index in [1.54, 1.807) is 25.1 Å². The summed E-state index contributed by atoms with van der Waals surface area (Å²) in [7, 11) is 0. The largest absolute Gasteiger partial charge is 0.481 e. The lowest BCUT2D eigenvalue weighted by Gasteiger charge is -2.26. The van der Waals surface area contributed by atoms with Crippen LogP contribution in [0.15, 0.2) is 27.8 Å². The predicted molar refractivity (Wildman–Crippen MR) is 95.4 cm³/mol. The third-order valence-corrected chi connectivity index (χ3v) is 4.96. The number of hydrogen-bond acceptors (Lipinski definition) is 4. The first-order valence-corrected chi connectivity index (χ1v) is 8.71. The molecular weight excluding hydrogens is 338 g/mol. The van der Waals surface area contributed by atoms with Crippen molar-refractivity contribution in [1.82, 2.24) is 14.9 Å². The van der Waals surface area contributed by atoms with Crippen LogP contribution < -0.4 is 16.4 Å². The number of carbonyl (C=O) groups is 2. The number of carboxylic acids is 1. The molecule has 138 valence electrons. The number of aromatic nitrogens is 2. The van der Waals surface area contributed by atoms with E-state index in [0.717, 1.165) is 0 Å². The van der Waals surface area contributed by atoms with Crippen molar-refractivity contribution >= 4 is 22.9 Å². The van der Waals surface area contributed by atoms with E-state index in [4.69, 9.17) is 5.11 Å². The number of aliphatic carboxylic acids is 1. The normalized spacial score (nSPS) is 20.0. The highest BCUT2D eigenvalue weighted by Crippen LogP contribution is 2.24. The van der Waals surface area contributed by atoms with Crippen LogP contribution in [0.5, 0.6) is 0 Å². The number of hydrogen-bond donors (Lipinski definition) is 3. The highest BCUT2D eigenvalue weighted by Gasteiger charge is 2.27. The van der Waals surface area contributed by atoms with Gasteiger partial charge in [0.2, 0.25) is 0 Å². The van der Waals surface area contributed by atoms with Crippen LogP contribution in [0.25, 0.3) is 11.0 Å². The molecule has 0 unspecified atom stereocenters. The van der Waals surface area contributed by atoms with Crippen LogP contribution in [0.1, 0.15) is 43.0 Å². The Bertz CT molecular complexity index is 967. The molecule has 1 amide bonds. The van der Waals surface area contributed by atoms with E-state index >= 15 is 0 Å². The van der Waals surface area contributed by atoms with Gasteiger partial charge in [0.1, 0.15) is 0 Å². The average Bonchev–Trinajstić information content (AvgIpc) is 2.63. The molecular formula is C18H21N3O5. The van der Waals surface area contributed by atoms with E-state index < -0.39 is 17.1 Å². The van der Waals surface area contributed by atoms with Crippen molar-refractivity contribution in [3.8, 4) is 0 Å². The molecule has 0 bridgehead atoms. The Morgan fingerprint density at radius 2 is 1.92 bits per heavy atom. The summed E-state index contributed by atoms with van der Waals surface area (Å²) in [4.78, 5) is 49.6. The van der Waals surface area contributed by atoms with Gasteiger partial charge in [0.15, 0.2) is 0 Å². The lowest BCUT2D eigenvalue weighted by Crippen LogP contribution is -2.39. The summed E-state index contributed by atoms with van der Waals surface area (Å²) >= 11 is 0. The molecule has 0 spiro atoms. The van der Waals surface area contributed by atoms with Gasteiger partial charge in [0.05, 0.1) is 17.0 Å². The molecule has 0 saturated heterocycles. The van der Waals surface area contributed by atoms with Crippen LogP contribution >= 0.6 is 0 Å². The smallest absolute Gasteiger partial charge is 0.316 e. The van der Waals surface area contributed by atoms with Gasteiger partial charge in [0.25, 0.3) is 5.91 Å². The maximum atomic E-state index is 12.5. The number of nitrogens with zero attached hydrogens (tertiary/aromatic N) is 1. The maximum Gasteiger partial charge on any atom is 0.316 e. The Balaban J connectivity index is 1.79. The van der Waals surface area contributed by atoms with E-state index in [1.807, 2.05) is 0 Å². The lowest BCUT2D eigenvalue weighted by molar-refractivity contribution is -0.142.